The fourth-order valence-electron chi connectivity index (χ4n) is 9.86. The van der Waals surface area contributed by atoms with Crippen LogP contribution in [0.4, 0.5) is 0 Å². The number of hydrogen-bond donors (Lipinski definition) is 5. The smallest absolute Gasteiger partial charge is 0.187 e. The van der Waals surface area contributed by atoms with Gasteiger partial charge < -0.3 is 35.4 Å². The maximum absolute atomic E-state index is 13.1. The molecule has 8 atom stereocenters. The normalized spacial score (nSPS) is 29.8. The second-order valence-electron chi connectivity index (χ2n) is 16.7. The highest BCUT2D eigenvalue weighted by Crippen LogP contribution is 2.49. The van der Waals surface area contributed by atoms with Crippen molar-refractivity contribution in [3.63, 3.8) is 0 Å². The van der Waals surface area contributed by atoms with E-state index in [4.69, 9.17) is 20.2 Å². The molecule has 0 saturated heterocycles. The Balaban J connectivity index is 1.05. The van der Waals surface area contributed by atoms with Crippen LogP contribution in [0.25, 0.3) is 0 Å². The van der Waals surface area contributed by atoms with Crippen molar-refractivity contribution in [1.82, 2.24) is 10.2 Å². The fourth-order valence-corrected chi connectivity index (χ4v) is 9.86. The molecule has 5 aliphatic heterocycles. The molecule has 5 heterocycles. The fraction of sp³-hybridized carbons (Fsp3) is 0.478. The molecule has 1 spiro atoms. The Kier molecular flexibility index (Phi) is 9.89. The number of aliphatic imine (C=N–C) groups is 1. The lowest BCUT2D eigenvalue weighted by Gasteiger charge is -2.39. The van der Waals surface area contributed by atoms with E-state index in [0.717, 1.165) is 77.8 Å². The first-order valence-electron chi connectivity index (χ1n) is 20.3. The quantitative estimate of drug-likeness (QED) is 0.209. The maximum Gasteiger partial charge on any atom is 0.187 e. The number of nitrogens with one attached hydrogen (secondary N) is 1. The summed E-state index contributed by atoms with van der Waals surface area (Å²) in [7, 11) is 0. The highest BCUT2D eigenvalue weighted by molar-refractivity contribution is 6.09. The van der Waals surface area contributed by atoms with Crippen molar-refractivity contribution >= 4 is 11.5 Å². The summed E-state index contributed by atoms with van der Waals surface area (Å²) in [5, 5.41) is 36.6. The Morgan fingerprint density at radius 3 is 2.79 bits per heavy atom. The van der Waals surface area contributed by atoms with Gasteiger partial charge in [-0.2, -0.15) is 0 Å². The van der Waals surface area contributed by atoms with Crippen LogP contribution >= 0.6 is 0 Å². The molecule has 0 aromatic heterocycles. The number of aliphatic hydroxyl groups is 3. The lowest BCUT2D eigenvalue weighted by Crippen LogP contribution is -2.47. The molecule has 1 saturated carbocycles. The first-order valence-corrected chi connectivity index (χ1v) is 20.3. The van der Waals surface area contributed by atoms with Gasteiger partial charge in [-0.15, -0.1) is 0 Å². The number of aryl methyl sites for hydroxylation is 1. The topological polar surface area (TPSA) is 150 Å². The van der Waals surface area contributed by atoms with Gasteiger partial charge in [-0.05, 0) is 83.5 Å². The molecule has 2 aromatic carbocycles. The molecule has 7 aliphatic rings. The number of carbonyl (C=O) groups is 1. The molecule has 10 nitrogen and oxygen atoms in total. The van der Waals surface area contributed by atoms with E-state index in [2.05, 4.69) is 40.3 Å². The molecule has 0 radical (unpaired) electrons. The molecule has 290 valence electrons. The van der Waals surface area contributed by atoms with E-state index in [0.29, 0.717) is 37.3 Å². The molecule has 9 rings (SSSR count). The third kappa shape index (κ3) is 6.89. The molecule has 0 amide bonds. The monoisotopic (exact) mass is 754 g/mol. The summed E-state index contributed by atoms with van der Waals surface area (Å²) in [6.45, 7) is 3.33. The molecule has 1 fully saturated rings. The Labute approximate surface area is 328 Å². The first kappa shape index (κ1) is 36.9. The molecule has 2 bridgehead atoms. The number of nitrogens with zero attached hydrogens (tertiary/aromatic N) is 2. The van der Waals surface area contributed by atoms with Gasteiger partial charge in [0.1, 0.15) is 18.0 Å². The molecule has 2 aliphatic carbocycles. The molecule has 56 heavy (non-hydrogen) atoms. The number of carbonyl (C=O) groups excluding carboxylic acids is 1. The molecular formula is C46H50N4O6. The Morgan fingerprint density at radius 2 is 1.95 bits per heavy atom. The predicted octanol–water partition coefficient (Wildman–Crippen LogP) is 4.68. The molecule has 2 aromatic rings. The van der Waals surface area contributed by atoms with Crippen molar-refractivity contribution in [1.29, 1.82) is 0 Å². The molecule has 0 unspecified atom stereocenters. The SMILES string of the molecule is C[C@H]1C=C[C@H]([C@@H](O)CC(=O)CCc2ccc3c(c2)O[C@H]2[C@@H](C#C[C@H](O)c4ccc5c(c4CC4=CN=C6CN2C=C46)CCN[C@H]5N)C2(C#CO3)CCCC2)[C@@H](O)C1. The Hall–Kier alpha value is -4.68. The Bertz CT molecular complexity index is 2180. The van der Waals surface area contributed by atoms with Crippen LogP contribution in [0.1, 0.15) is 92.0 Å². The summed E-state index contributed by atoms with van der Waals surface area (Å²) in [5.74, 6) is 10.7. The Morgan fingerprint density at radius 1 is 1.11 bits per heavy atom. The first-order chi connectivity index (χ1) is 27.2. The third-order valence-corrected chi connectivity index (χ3v) is 13.0. The van der Waals surface area contributed by atoms with Gasteiger partial charge in [0.2, 0.25) is 0 Å². The minimum Gasteiger partial charge on any atom is -0.465 e. The molecule has 6 N–H and O–H groups in total. The van der Waals surface area contributed by atoms with Gasteiger partial charge in [0.05, 0.1) is 42.0 Å². The number of benzene rings is 2. The minimum absolute atomic E-state index is 0.0153. The summed E-state index contributed by atoms with van der Waals surface area (Å²) < 4.78 is 13.2. The van der Waals surface area contributed by atoms with Crippen molar-refractivity contribution in [2.45, 2.75) is 102 Å². The van der Waals surface area contributed by atoms with Crippen molar-refractivity contribution in [3.05, 3.63) is 93.8 Å². The number of ketones is 1. The van der Waals surface area contributed by atoms with Gasteiger partial charge in [-0.1, -0.05) is 67.9 Å². The lowest BCUT2D eigenvalue weighted by atomic mass is 9.73. The summed E-state index contributed by atoms with van der Waals surface area (Å²) in [6, 6.07) is 9.70. The van der Waals surface area contributed by atoms with Gasteiger partial charge in [0.25, 0.3) is 0 Å². The van der Waals surface area contributed by atoms with E-state index >= 15 is 0 Å². The number of ether oxygens (including phenoxy) is 2. The number of aliphatic hydroxyl groups excluding tert-OH is 3. The summed E-state index contributed by atoms with van der Waals surface area (Å²) in [4.78, 5) is 20.2. The van der Waals surface area contributed by atoms with Crippen molar-refractivity contribution in [3.8, 4) is 35.4 Å². The average molecular weight is 755 g/mol. The van der Waals surface area contributed by atoms with Crippen LogP contribution in [0.3, 0.4) is 0 Å². The highest BCUT2D eigenvalue weighted by Gasteiger charge is 2.48. The van der Waals surface area contributed by atoms with E-state index in [1.165, 1.54) is 5.56 Å². The number of allylic oxidation sites excluding steroid dienone is 2. The number of rotatable bonds is 6. The predicted molar refractivity (Wildman–Crippen MR) is 212 cm³/mol. The van der Waals surface area contributed by atoms with Crippen LogP contribution in [0.15, 0.2) is 71.0 Å². The average Bonchev–Trinajstić information content (AvgIpc) is 3.92. The zero-order valence-corrected chi connectivity index (χ0v) is 31.8. The zero-order chi connectivity index (χ0) is 38.6. The van der Waals surface area contributed by atoms with Crippen LogP contribution in [-0.2, 0) is 24.1 Å². The van der Waals surface area contributed by atoms with Crippen LogP contribution in [0.2, 0.25) is 0 Å². The number of Topliss-reactive ketones (excluding diaryl/α,β-unsaturated/α-hetero) is 1. The highest BCUT2D eigenvalue weighted by atomic mass is 16.5. The number of fused-ring (bicyclic) bond motifs is 8. The molecule has 10 heteroatoms. The third-order valence-electron chi connectivity index (χ3n) is 13.0. The van der Waals surface area contributed by atoms with Gasteiger partial charge in [-0.3, -0.25) is 15.1 Å². The largest absolute Gasteiger partial charge is 0.465 e. The summed E-state index contributed by atoms with van der Waals surface area (Å²) in [5.41, 5.74) is 14.1. The zero-order valence-electron chi connectivity index (χ0n) is 31.8. The number of hydrogen-bond acceptors (Lipinski definition) is 10. The van der Waals surface area contributed by atoms with Crippen LogP contribution in [0, 0.1) is 47.0 Å². The van der Waals surface area contributed by atoms with Gasteiger partial charge in [-0.25, -0.2) is 0 Å². The standard InChI is InChI=1S/C46H50N4O6/c1-27-4-8-34(40(53)20-27)41(54)23-30(51)7-5-28-6-13-42-43(21-28)56-45-37(46(17-19-55-42)15-2-3-16-46)11-12-39(52)32-9-10-33-31(14-18-48-44(33)47)35(32)22-29-24-49-38-26-50(45)25-36(29)38/h4,6,8-10,13,21,24-25,27,34,37,39-41,44-45,48,52-54H,2-3,5,7,14-16,18,20,22-23,26,47H2,1H3/t27-,34-,37+,39-,40-,41-,44+,45-/m0/s1. The maximum atomic E-state index is 13.1. The summed E-state index contributed by atoms with van der Waals surface area (Å²) >= 11 is 0. The van der Waals surface area contributed by atoms with Crippen LogP contribution in [0.5, 0.6) is 11.5 Å². The van der Waals surface area contributed by atoms with E-state index < -0.39 is 41.8 Å². The second kappa shape index (κ2) is 15.0. The lowest BCUT2D eigenvalue weighted by molar-refractivity contribution is -0.122. The van der Waals surface area contributed by atoms with Gasteiger partial charge in [0.15, 0.2) is 17.7 Å². The molecular weight excluding hydrogens is 705 g/mol. The minimum atomic E-state index is -1.03. The van der Waals surface area contributed by atoms with E-state index in [1.807, 2.05) is 55.6 Å². The van der Waals surface area contributed by atoms with Crippen molar-refractivity contribution < 1.29 is 29.6 Å². The second-order valence-corrected chi connectivity index (χ2v) is 16.7. The van der Waals surface area contributed by atoms with E-state index in [9.17, 15) is 20.1 Å². The van der Waals surface area contributed by atoms with Crippen molar-refractivity contribution in [2.75, 3.05) is 13.1 Å². The van der Waals surface area contributed by atoms with Crippen molar-refractivity contribution in [2.24, 2.45) is 33.9 Å². The van der Waals surface area contributed by atoms with Crippen LogP contribution < -0.4 is 20.5 Å². The van der Waals surface area contributed by atoms with E-state index in [1.54, 1.807) is 0 Å². The summed E-state index contributed by atoms with van der Waals surface area (Å²) in [6.07, 6.45) is 13.9. The van der Waals surface area contributed by atoms with Gasteiger partial charge >= 0.3 is 0 Å². The van der Waals surface area contributed by atoms with E-state index in [-0.39, 0.29) is 30.7 Å². The number of nitrogens with two attached hydrogens (primary N) is 1. The van der Waals surface area contributed by atoms with Crippen LogP contribution in [-0.4, -0.2) is 63.2 Å². The van der Waals surface area contributed by atoms with Gasteiger partial charge in [0, 0.05) is 49.7 Å².